The van der Waals surface area contributed by atoms with E-state index in [-0.39, 0.29) is 22.7 Å². The number of nitrogens with zero attached hydrogens (tertiary/aromatic N) is 2. The van der Waals surface area contributed by atoms with E-state index in [1.807, 2.05) is 13.8 Å². The highest BCUT2D eigenvalue weighted by Gasteiger charge is 2.24. The average Bonchev–Trinajstić information content (AvgIpc) is 3.34. The predicted molar refractivity (Wildman–Crippen MR) is 144 cm³/mol. The molecule has 0 aliphatic rings. The maximum Gasteiger partial charge on any atom is 0.359 e. The van der Waals surface area contributed by atoms with Crippen LogP contribution in [-0.2, 0) is 4.74 Å². The number of fused-ring (bicyclic) bond motifs is 1. The van der Waals surface area contributed by atoms with Gasteiger partial charge in [0.05, 0.1) is 38.0 Å². The Morgan fingerprint density at radius 3 is 2.34 bits per heavy atom. The van der Waals surface area contributed by atoms with Crippen molar-refractivity contribution < 1.29 is 28.5 Å². The Bertz CT molecular complexity index is 1530. The Balaban J connectivity index is 1.80. The largest absolute Gasteiger partial charge is 0.497 e. The fraction of sp³-hybridized carbons (Fsp3) is 0.259. The van der Waals surface area contributed by atoms with Gasteiger partial charge in [-0.25, -0.2) is 4.79 Å². The van der Waals surface area contributed by atoms with Crippen LogP contribution >= 0.6 is 11.3 Å². The Kier molecular flexibility index (Phi) is 8.27. The van der Waals surface area contributed by atoms with Gasteiger partial charge in [0.15, 0.2) is 17.2 Å². The molecule has 198 valence electrons. The van der Waals surface area contributed by atoms with Crippen molar-refractivity contribution in [3.8, 4) is 22.9 Å². The summed E-state index contributed by atoms with van der Waals surface area (Å²) in [5.41, 5.74) is 0.193. The van der Waals surface area contributed by atoms with E-state index in [0.29, 0.717) is 47.1 Å². The number of methoxy groups -OCH3 is 1. The topological polar surface area (TPSA) is 118 Å². The Morgan fingerprint density at radius 2 is 1.68 bits per heavy atom. The van der Waals surface area contributed by atoms with Crippen LogP contribution in [0.25, 0.3) is 16.5 Å². The lowest BCUT2D eigenvalue weighted by Crippen LogP contribution is -2.25. The maximum atomic E-state index is 13.6. The van der Waals surface area contributed by atoms with E-state index in [9.17, 15) is 14.4 Å². The summed E-state index contributed by atoms with van der Waals surface area (Å²) < 4.78 is 22.7. The summed E-state index contributed by atoms with van der Waals surface area (Å²) in [5.74, 6) is 0.429. The van der Waals surface area contributed by atoms with Crippen molar-refractivity contribution >= 4 is 39.0 Å². The summed E-state index contributed by atoms with van der Waals surface area (Å²) in [7, 11) is 1.53. The van der Waals surface area contributed by atoms with Crippen LogP contribution in [0.3, 0.4) is 0 Å². The molecule has 10 nitrogen and oxygen atoms in total. The Hall–Kier alpha value is -4.38. The molecule has 0 aliphatic heterocycles. The van der Waals surface area contributed by atoms with Crippen LogP contribution in [0.15, 0.2) is 52.6 Å². The van der Waals surface area contributed by atoms with Crippen molar-refractivity contribution in [3.05, 3.63) is 69.5 Å². The number of amides is 1. The first-order chi connectivity index (χ1) is 18.4. The molecule has 1 amide bonds. The first-order valence-corrected chi connectivity index (χ1v) is 12.9. The molecule has 0 radical (unpaired) electrons. The number of nitrogens with one attached hydrogen (secondary N) is 1. The number of ether oxygens (including phenoxy) is 4. The number of hydrogen-bond acceptors (Lipinski definition) is 9. The number of carbonyl (C=O) groups excluding carboxylic acids is 2. The lowest BCUT2D eigenvalue weighted by molar-refractivity contribution is 0.0520. The fourth-order valence-corrected chi connectivity index (χ4v) is 4.69. The van der Waals surface area contributed by atoms with Crippen LogP contribution in [0.5, 0.6) is 17.2 Å². The highest BCUT2D eigenvalue weighted by Crippen LogP contribution is 2.33. The molecule has 0 saturated heterocycles. The zero-order chi connectivity index (χ0) is 27.2. The van der Waals surface area contributed by atoms with Crippen molar-refractivity contribution in [2.24, 2.45) is 0 Å². The third-order valence-electron chi connectivity index (χ3n) is 5.47. The third-order valence-corrected chi connectivity index (χ3v) is 6.37. The van der Waals surface area contributed by atoms with Gasteiger partial charge in [0.25, 0.3) is 11.5 Å². The van der Waals surface area contributed by atoms with E-state index in [1.165, 1.54) is 7.11 Å². The summed E-state index contributed by atoms with van der Waals surface area (Å²) in [6, 6.07) is 11.5. The lowest BCUT2D eigenvalue weighted by Gasteiger charge is -2.12. The van der Waals surface area contributed by atoms with Crippen molar-refractivity contribution in [2.75, 3.05) is 32.2 Å². The van der Waals surface area contributed by atoms with Gasteiger partial charge >= 0.3 is 5.97 Å². The molecule has 1 N–H and O–H groups in total. The van der Waals surface area contributed by atoms with Gasteiger partial charge in [-0.05, 0) is 63.2 Å². The second kappa shape index (κ2) is 11.8. The first kappa shape index (κ1) is 26.7. The fourth-order valence-electron chi connectivity index (χ4n) is 3.76. The minimum atomic E-state index is -0.677. The summed E-state index contributed by atoms with van der Waals surface area (Å²) in [6.45, 7) is 6.36. The third kappa shape index (κ3) is 5.32. The van der Waals surface area contributed by atoms with Crippen LogP contribution in [0.1, 0.15) is 41.6 Å². The van der Waals surface area contributed by atoms with Gasteiger partial charge in [-0.1, -0.05) is 0 Å². The average molecular weight is 538 g/mol. The van der Waals surface area contributed by atoms with Crippen molar-refractivity contribution in [1.82, 2.24) is 9.78 Å². The van der Waals surface area contributed by atoms with E-state index in [0.717, 1.165) is 16.0 Å². The first-order valence-electron chi connectivity index (χ1n) is 12.0. The normalized spacial score (nSPS) is 10.7. The molecule has 0 spiro atoms. The molecule has 11 heteroatoms. The van der Waals surface area contributed by atoms with Crippen LogP contribution in [-0.4, -0.2) is 48.6 Å². The zero-order valence-corrected chi connectivity index (χ0v) is 22.2. The molecule has 0 atom stereocenters. The van der Waals surface area contributed by atoms with Crippen LogP contribution in [0.4, 0.5) is 5.00 Å². The molecule has 2 aromatic carbocycles. The number of aromatic nitrogens is 2. The smallest absolute Gasteiger partial charge is 0.359 e. The summed E-state index contributed by atoms with van der Waals surface area (Å²) in [5, 5.41) is 9.43. The van der Waals surface area contributed by atoms with Gasteiger partial charge in [-0.2, -0.15) is 9.78 Å². The molecule has 0 unspecified atom stereocenters. The van der Waals surface area contributed by atoms with Crippen molar-refractivity contribution in [2.45, 2.75) is 20.8 Å². The van der Waals surface area contributed by atoms with E-state index in [1.54, 1.807) is 54.8 Å². The van der Waals surface area contributed by atoms with Crippen molar-refractivity contribution in [1.29, 1.82) is 0 Å². The van der Waals surface area contributed by atoms with Gasteiger partial charge < -0.3 is 24.3 Å². The van der Waals surface area contributed by atoms with Crippen LogP contribution in [0.2, 0.25) is 0 Å². The Morgan fingerprint density at radius 1 is 0.974 bits per heavy atom. The molecule has 38 heavy (non-hydrogen) atoms. The van der Waals surface area contributed by atoms with Gasteiger partial charge in [0.1, 0.15) is 10.8 Å². The molecule has 0 saturated carbocycles. The number of anilines is 1. The number of rotatable bonds is 10. The monoisotopic (exact) mass is 537 g/mol. The highest BCUT2D eigenvalue weighted by molar-refractivity contribution is 7.16. The van der Waals surface area contributed by atoms with E-state index in [2.05, 4.69) is 10.4 Å². The minimum absolute atomic E-state index is 0.0336. The molecule has 0 bridgehead atoms. The molecular formula is C27H27N3O7S. The Labute approximate surface area is 222 Å². The van der Waals surface area contributed by atoms with Crippen molar-refractivity contribution in [3.63, 3.8) is 0 Å². The molecular weight excluding hydrogens is 510 g/mol. The maximum absolute atomic E-state index is 13.6. The van der Waals surface area contributed by atoms with E-state index < -0.39 is 17.4 Å². The summed E-state index contributed by atoms with van der Waals surface area (Å²) in [4.78, 5) is 39.6. The van der Waals surface area contributed by atoms with Gasteiger partial charge in [-0.3, -0.25) is 9.59 Å². The van der Waals surface area contributed by atoms with Gasteiger partial charge in [0, 0.05) is 16.3 Å². The quantitative estimate of drug-likeness (QED) is 0.290. The second-order valence-electron chi connectivity index (χ2n) is 7.82. The highest BCUT2D eigenvalue weighted by atomic mass is 32.1. The standard InChI is InChI=1S/C27H27N3O7S/c1-5-35-20-13-8-16(14-21(20)36-6-2)24(31)28-25-22-19(15-38-25)23(27(33)37-7-3)29-30(26(22)32)17-9-11-18(34-4)12-10-17/h8-15H,5-7H2,1-4H3,(H,28,31). The molecule has 0 aliphatic carbocycles. The van der Waals surface area contributed by atoms with E-state index in [4.69, 9.17) is 18.9 Å². The van der Waals surface area contributed by atoms with Crippen LogP contribution in [0, 0.1) is 0 Å². The number of hydrogen-bond donors (Lipinski definition) is 1. The van der Waals surface area contributed by atoms with Gasteiger partial charge in [0.2, 0.25) is 0 Å². The van der Waals surface area contributed by atoms with E-state index >= 15 is 0 Å². The number of carbonyl (C=O) groups is 2. The number of esters is 1. The number of thiophene rings is 1. The lowest BCUT2D eigenvalue weighted by atomic mass is 10.1. The molecule has 0 fully saturated rings. The predicted octanol–water partition coefficient (Wildman–Crippen LogP) is 4.68. The van der Waals surface area contributed by atoms with Gasteiger partial charge in [-0.15, -0.1) is 11.3 Å². The summed E-state index contributed by atoms with van der Waals surface area (Å²) >= 11 is 1.12. The minimum Gasteiger partial charge on any atom is -0.497 e. The van der Waals surface area contributed by atoms with Crippen LogP contribution < -0.4 is 25.1 Å². The molecule has 2 heterocycles. The zero-order valence-electron chi connectivity index (χ0n) is 21.4. The molecule has 4 aromatic rings. The second-order valence-corrected chi connectivity index (χ2v) is 8.70. The SMILES string of the molecule is CCOC(=O)c1nn(-c2ccc(OC)cc2)c(=O)c2c(NC(=O)c3ccc(OCC)c(OCC)c3)scc12. The summed E-state index contributed by atoms with van der Waals surface area (Å²) in [6.07, 6.45) is 0. The number of benzene rings is 2. The molecule has 4 rings (SSSR count). The molecule has 2 aromatic heterocycles.